The van der Waals surface area contributed by atoms with Gasteiger partial charge < -0.3 is 10.3 Å². The lowest BCUT2D eigenvalue weighted by atomic mass is 9.82. The maximum atomic E-state index is 11.8. The van der Waals surface area contributed by atoms with E-state index < -0.39 is 0 Å². The molecule has 4 nitrogen and oxygen atoms in total. The minimum absolute atomic E-state index is 0.00387. The van der Waals surface area contributed by atoms with Gasteiger partial charge in [0.25, 0.3) is 5.56 Å². The lowest BCUT2D eigenvalue weighted by molar-refractivity contribution is 0.334. The van der Waals surface area contributed by atoms with Crippen LogP contribution in [0.3, 0.4) is 0 Å². The van der Waals surface area contributed by atoms with Crippen LogP contribution in [0.25, 0.3) is 0 Å². The molecule has 2 atom stereocenters. The fourth-order valence-corrected chi connectivity index (χ4v) is 3.03. The molecule has 4 heteroatoms. The number of nitrogens with zero attached hydrogens (tertiary/aromatic N) is 1. The average molecular weight is 261 g/mol. The summed E-state index contributed by atoms with van der Waals surface area (Å²) in [5, 5.41) is 3.42. The standard InChI is InChI=1S/C15H23N3O/c1-10-3-2-4-11(7-10)15-17-13(8-14(19)18-15)9-16-12-5-6-12/h8,10-12,16H,2-7,9H2,1H3,(H,17,18,19). The molecule has 0 spiro atoms. The molecule has 2 N–H and O–H groups in total. The molecule has 2 fully saturated rings. The first-order valence-electron chi connectivity index (χ1n) is 7.54. The molecule has 0 aliphatic heterocycles. The Morgan fingerprint density at radius 3 is 2.95 bits per heavy atom. The summed E-state index contributed by atoms with van der Waals surface area (Å²) in [6.07, 6.45) is 7.39. The molecule has 2 saturated carbocycles. The van der Waals surface area contributed by atoms with E-state index in [1.807, 2.05) is 0 Å². The van der Waals surface area contributed by atoms with Crippen LogP contribution in [-0.4, -0.2) is 16.0 Å². The highest BCUT2D eigenvalue weighted by Crippen LogP contribution is 2.33. The average Bonchev–Trinajstić information content (AvgIpc) is 3.20. The molecule has 1 heterocycles. The molecule has 2 aliphatic carbocycles. The van der Waals surface area contributed by atoms with Crippen LogP contribution in [0.2, 0.25) is 0 Å². The minimum Gasteiger partial charge on any atom is -0.310 e. The Balaban J connectivity index is 1.73. The van der Waals surface area contributed by atoms with E-state index >= 15 is 0 Å². The molecule has 2 unspecified atom stereocenters. The van der Waals surface area contributed by atoms with Gasteiger partial charge >= 0.3 is 0 Å². The smallest absolute Gasteiger partial charge is 0.251 e. The van der Waals surface area contributed by atoms with Crippen molar-refractivity contribution in [1.29, 1.82) is 0 Å². The molecule has 2 aliphatic rings. The number of nitrogens with one attached hydrogen (secondary N) is 2. The van der Waals surface area contributed by atoms with Crippen molar-refractivity contribution in [2.45, 2.75) is 64.0 Å². The first kappa shape index (κ1) is 12.9. The second-order valence-electron chi connectivity index (χ2n) is 6.25. The van der Waals surface area contributed by atoms with Crippen LogP contribution in [-0.2, 0) is 6.54 Å². The van der Waals surface area contributed by atoms with Crippen molar-refractivity contribution in [3.05, 3.63) is 27.9 Å². The van der Waals surface area contributed by atoms with E-state index in [1.165, 1.54) is 25.7 Å². The Labute approximate surface area is 114 Å². The molecule has 104 valence electrons. The Morgan fingerprint density at radius 2 is 2.21 bits per heavy atom. The molecular weight excluding hydrogens is 238 g/mol. The van der Waals surface area contributed by atoms with Crippen LogP contribution in [0.1, 0.15) is 62.9 Å². The predicted molar refractivity (Wildman–Crippen MR) is 75.1 cm³/mol. The van der Waals surface area contributed by atoms with E-state index in [-0.39, 0.29) is 5.56 Å². The Kier molecular flexibility index (Phi) is 3.69. The van der Waals surface area contributed by atoms with Crippen molar-refractivity contribution in [3.8, 4) is 0 Å². The number of H-pyrrole nitrogens is 1. The molecule has 1 aromatic rings. The minimum atomic E-state index is -0.00387. The van der Waals surface area contributed by atoms with Crippen molar-refractivity contribution < 1.29 is 0 Å². The largest absolute Gasteiger partial charge is 0.310 e. The van der Waals surface area contributed by atoms with Gasteiger partial charge in [0.1, 0.15) is 5.82 Å². The Morgan fingerprint density at radius 1 is 1.37 bits per heavy atom. The van der Waals surface area contributed by atoms with Crippen LogP contribution in [0.5, 0.6) is 0 Å². The maximum absolute atomic E-state index is 11.8. The summed E-state index contributed by atoms with van der Waals surface area (Å²) in [5.74, 6) is 2.10. The second-order valence-corrected chi connectivity index (χ2v) is 6.25. The summed E-state index contributed by atoms with van der Waals surface area (Å²) in [5.41, 5.74) is 0.889. The number of hydrogen-bond donors (Lipinski definition) is 2. The third-order valence-electron chi connectivity index (χ3n) is 4.29. The maximum Gasteiger partial charge on any atom is 0.251 e. The van der Waals surface area contributed by atoms with E-state index in [4.69, 9.17) is 0 Å². The molecule has 0 bridgehead atoms. The summed E-state index contributed by atoms with van der Waals surface area (Å²) in [4.78, 5) is 19.4. The summed E-state index contributed by atoms with van der Waals surface area (Å²) < 4.78 is 0. The van der Waals surface area contributed by atoms with Gasteiger partial charge in [0.2, 0.25) is 0 Å². The number of aromatic nitrogens is 2. The summed E-state index contributed by atoms with van der Waals surface area (Å²) in [7, 11) is 0. The fraction of sp³-hybridized carbons (Fsp3) is 0.733. The van der Waals surface area contributed by atoms with E-state index in [2.05, 4.69) is 22.2 Å². The van der Waals surface area contributed by atoms with E-state index in [0.717, 1.165) is 36.8 Å². The first-order valence-corrected chi connectivity index (χ1v) is 7.54. The molecular formula is C15H23N3O. The topological polar surface area (TPSA) is 57.8 Å². The quantitative estimate of drug-likeness (QED) is 0.874. The van der Waals surface area contributed by atoms with Crippen LogP contribution in [0.4, 0.5) is 0 Å². The monoisotopic (exact) mass is 261 g/mol. The van der Waals surface area contributed by atoms with Gasteiger partial charge in [-0.15, -0.1) is 0 Å². The molecule has 0 saturated heterocycles. The van der Waals surface area contributed by atoms with Gasteiger partial charge in [0, 0.05) is 24.6 Å². The first-order chi connectivity index (χ1) is 9.20. The zero-order valence-corrected chi connectivity index (χ0v) is 11.6. The van der Waals surface area contributed by atoms with Gasteiger partial charge in [-0.25, -0.2) is 4.98 Å². The SMILES string of the molecule is CC1CCCC(c2nc(CNC3CC3)cc(=O)[nH]2)C1. The summed E-state index contributed by atoms with van der Waals surface area (Å²) in [6.45, 7) is 3.02. The van der Waals surface area contributed by atoms with Crippen molar-refractivity contribution in [2.24, 2.45) is 5.92 Å². The highest BCUT2D eigenvalue weighted by atomic mass is 16.1. The molecule has 1 aromatic heterocycles. The van der Waals surface area contributed by atoms with Crippen molar-refractivity contribution in [2.75, 3.05) is 0 Å². The lowest BCUT2D eigenvalue weighted by Crippen LogP contribution is -2.23. The van der Waals surface area contributed by atoms with Gasteiger partial charge in [-0.2, -0.15) is 0 Å². The highest BCUT2D eigenvalue weighted by Gasteiger charge is 2.23. The van der Waals surface area contributed by atoms with Crippen LogP contribution < -0.4 is 10.9 Å². The van der Waals surface area contributed by atoms with Crippen LogP contribution in [0, 0.1) is 5.92 Å². The van der Waals surface area contributed by atoms with E-state index in [1.54, 1.807) is 6.07 Å². The zero-order valence-electron chi connectivity index (χ0n) is 11.6. The van der Waals surface area contributed by atoms with E-state index in [0.29, 0.717) is 12.0 Å². The zero-order chi connectivity index (χ0) is 13.2. The number of hydrogen-bond acceptors (Lipinski definition) is 3. The molecule has 19 heavy (non-hydrogen) atoms. The van der Waals surface area contributed by atoms with Gasteiger partial charge in [-0.1, -0.05) is 19.8 Å². The van der Waals surface area contributed by atoms with Crippen molar-refractivity contribution in [3.63, 3.8) is 0 Å². The predicted octanol–water partition coefficient (Wildman–Crippen LogP) is 2.32. The molecule has 3 rings (SSSR count). The number of aromatic amines is 1. The van der Waals surface area contributed by atoms with Gasteiger partial charge in [-0.3, -0.25) is 4.79 Å². The highest BCUT2D eigenvalue weighted by molar-refractivity contribution is 5.07. The summed E-state index contributed by atoms with van der Waals surface area (Å²) >= 11 is 0. The summed E-state index contributed by atoms with van der Waals surface area (Å²) in [6, 6.07) is 2.28. The number of rotatable bonds is 4. The molecule has 0 radical (unpaired) electrons. The normalized spacial score (nSPS) is 27.4. The van der Waals surface area contributed by atoms with Crippen LogP contribution >= 0.6 is 0 Å². The second kappa shape index (κ2) is 5.45. The van der Waals surface area contributed by atoms with Gasteiger partial charge in [0.05, 0.1) is 5.69 Å². The van der Waals surface area contributed by atoms with Gasteiger partial charge in [0.15, 0.2) is 0 Å². The van der Waals surface area contributed by atoms with Crippen molar-refractivity contribution in [1.82, 2.24) is 15.3 Å². The fourth-order valence-electron chi connectivity index (χ4n) is 3.03. The third-order valence-corrected chi connectivity index (χ3v) is 4.29. The van der Waals surface area contributed by atoms with E-state index in [9.17, 15) is 4.79 Å². The van der Waals surface area contributed by atoms with Crippen molar-refractivity contribution >= 4 is 0 Å². The Hall–Kier alpha value is -1.16. The molecule has 0 aromatic carbocycles. The molecule has 0 amide bonds. The third kappa shape index (κ3) is 3.44. The van der Waals surface area contributed by atoms with Gasteiger partial charge in [-0.05, 0) is 31.6 Å². The van der Waals surface area contributed by atoms with Crippen LogP contribution in [0.15, 0.2) is 10.9 Å². The Bertz CT molecular complexity index is 492. The lowest BCUT2D eigenvalue weighted by Gasteiger charge is -2.26.